The molecule has 48 heavy (non-hydrogen) atoms. The fourth-order valence-electron chi connectivity index (χ4n) is 7.43. The van der Waals surface area contributed by atoms with Crippen LogP contribution in [0.25, 0.3) is 79.2 Å². The molecule has 3 aromatic heterocycles. The summed E-state index contributed by atoms with van der Waals surface area (Å²) in [6, 6.07) is 49.0. The second-order valence-electron chi connectivity index (χ2n) is 12.3. The highest BCUT2D eigenvalue weighted by Gasteiger charge is 2.21. The third kappa shape index (κ3) is 4.10. The van der Waals surface area contributed by atoms with E-state index < -0.39 is 0 Å². The van der Waals surface area contributed by atoms with E-state index >= 15 is 0 Å². The lowest BCUT2D eigenvalue weighted by molar-refractivity contribution is 1.22. The van der Waals surface area contributed by atoms with Gasteiger partial charge in [-0.1, -0.05) is 115 Å². The topological polar surface area (TPSA) is 57.4 Å². The highest BCUT2D eigenvalue weighted by atomic mass is 14.8. The van der Waals surface area contributed by atoms with Crippen molar-refractivity contribution in [3.63, 3.8) is 0 Å². The molecule has 0 spiro atoms. The standard InChI is InChI=1S/C44H28N4/c1-4-12-27(13-5-1)40-33-20-21-34(45-33)41(28-14-6-2-7-15-28)36-24-25-38(47-36)43-31-19-11-10-18-30(31)32-26-39(48-44(32)43)42(29-16-8-3-9-17-29)37-23-22-35(40)46-37/h1-26,45-46H. The van der Waals surface area contributed by atoms with Crippen LogP contribution in [-0.4, -0.2) is 19.9 Å². The molecule has 0 saturated heterocycles. The quantitative estimate of drug-likeness (QED) is 0.210. The summed E-state index contributed by atoms with van der Waals surface area (Å²) in [6.07, 6.45) is 6.55. The molecule has 4 aromatic carbocycles. The molecule has 0 fully saturated rings. The number of fused-ring (bicyclic) bond motifs is 9. The van der Waals surface area contributed by atoms with E-state index in [-0.39, 0.29) is 0 Å². The van der Waals surface area contributed by atoms with Crippen molar-refractivity contribution in [2.75, 3.05) is 0 Å². The zero-order chi connectivity index (χ0) is 31.6. The van der Waals surface area contributed by atoms with Crippen LogP contribution >= 0.6 is 0 Å². The Morgan fingerprint density at radius 3 is 1.50 bits per heavy atom. The van der Waals surface area contributed by atoms with Gasteiger partial charge in [0, 0.05) is 49.5 Å². The van der Waals surface area contributed by atoms with Crippen molar-refractivity contribution >= 4 is 45.9 Å². The van der Waals surface area contributed by atoms with E-state index in [0.717, 1.165) is 88.7 Å². The van der Waals surface area contributed by atoms with Crippen molar-refractivity contribution in [1.29, 1.82) is 0 Å². The Labute approximate surface area is 276 Å². The van der Waals surface area contributed by atoms with Gasteiger partial charge in [0.2, 0.25) is 0 Å². The van der Waals surface area contributed by atoms with Crippen molar-refractivity contribution in [1.82, 2.24) is 19.9 Å². The Kier molecular flexibility index (Phi) is 5.84. The van der Waals surface area contributed by atoms with E-state index in [1.807, 2.05) is 0 Å². The lowest BCUT2D eigenvalue weighted by Gasteiger charge is -2.05. The normalized spacial score (nSPS) is 12.6. The molecule has 0 unspecified atom stereocenters. The fraction of sp³-hybridized carbons (Fsp3) is 0. The van der Waals surface area contributed by atoms with Crippen LogP contribution in [0.1, 0.15) is 17.1 Å². The average molecular weight is 613 g/mol. The number of aromatic nitrogens is 4. The lowest BCUT2D eigenvalue weighted by Crippen LogP contribution is -2.07. The van der Waals surface area contributed by atoms with E-state index in [0.29, 0.717) is 0 Å². The van der Waals surface area contributed by atoms with Crippen LogP contribution in [0.15, 0.2) is 140 Å². The van der Waals surface area contributed by atoms with Crippen molar-refractivity contribution in [2.45, 2.75) is 0 Å². The molecular formula is C44H28N4. The zero-order valence-electron chi connectivity index (χ0n) is 25.9. The molecule has 0 radical (unpaired) electrons. The second kappa shape index (κ2) is 10.5. The summed E-state index contributed by atoms with van der Waals surface area (Å²) in [7, 11) is 0. The van der Waals surface area contributed by atoms with E-state index in [1.165, 1.54) is 10.4 Å². The molecule has 10 rings (SSSR count). The van der Waals surface area contributed by atoms with E-state index in [2.05, 4.69) is 168 Å². The number of hydrogen-bond acceptors (Lipinski definition) is 2. The number of aromatic amines is 2. The van der Waals surface area contributed by atoms with E-state index in [1.54, 1.807) is 0 Å². The van der Waals surface area contributed by atoms with Crippen LogP contribution in [-0.2, 0) is 0 Å². The molecule has 4 heteroatoms. The summed E-state index contributed by atoms with van der Waals surface area (Å²) in [5.74, 6) is 0. The summed E-state index contributed by atoms with van der Waals surface area (Å²) >= 11 is 0. The molecule has 5 heterocycles. The largest absolute Gasteiger partial charge is 0.354 e. The number of H-pyrrole nitrogens is 2. The maximum Gasteiger partial charge on any atom is 0.0816 e. The Bertz CT molecular complexity index is 2860. The van der Waals surface area contributed by atoms with Gasteiger partial charge in [0.25, 0.3) is 0 Å². The molecule has 0 saturated carbocycles. The number of rotatable bonds is 3. The molecule has 0 atom stereocenters. The molecule has 8 bridgehead atoms. The Balaban J connectivity index is 1.46. The Hall–Kier alpha value is -6.52. The third-order valence-corrected chi connectivity index (χ3v) is 9.54. The highest BCUT2D eigenvalue weighted by Crippen LogP contribution is 2.34. The fourth-order valence-corrected chi connectivity index (χ4v) is 7.43. The van der Waals surface area contributed by atoms with Crippen molar-refractivity contribution in [2.24, 2.45) is 0 Å². The van der Waals surface area contributed by atoms with Gasteiger partial charge in [0.05, 0.1) is 22.4 Å². The summed E-state index contributed by atoms with van der Waals surface area (Å²) in [5.41, 5.74) is 14.6. The van der Waals surface area contributed by atoms with Gasteiger partial charge in [-0.2, -0.15) is 0 Å². The van der Waals surface area contributed by atoms with Crippen LogP contribution in [0.3, 0.4) is 0 Å². The molecule has 2 N–H and O–H groups in total. The summed E-state index contributed by atoms with van der Waals surface area (Å²) < 4.78 is 0. The second-order valence-corrected chi connectivity index (χ2v) is 12.3. The Morgan fingerprint density at radius 2 is 0.875 bits per heavy atom. The summed E-state index contributed by atoms with van der Waals surface area (Å²) in [5, 5.41) is 4.36. The van der Waals surface area contributed by atoms with Crippen molar-refractivity contribution in [3.8, 4) is 33.4 Å². The monoisotopic (exact) mass is 612 g/mol. The van der Waals surface area contributed by atoms with Crippen LogP contribution in [0.2, 0.25) is 0 Å². The minimum Gasteiger partial charge on any atom is -0.354 e. The maximum absolute atomic E-state index is 5.43. The van der Waals surface area contributed by atoms with Gasteiger partial charge < -0.3 is 9.97 Å². The van der Waals surface area contributed by atoms with Gasteiger partial charge in [0.1, 0.15) is 0 Å². The van der Waals surface area contributed by atoms with Gasteiger partial charge in [-0.05, 0) is 69.6 Å². The number of nitrogens with one attached hydrogen (secondary N) is 2. The summed E-state index contributed by atoms with van der Waals surface area (Å²) in [4.78, 5) is 18.5. The SMILES string of the molecule is C1=Cc2nc1c(-c1ccccc1)c1ccc([nH]1)c(-c1ccccc1)c1ccc([nH]1)c(-c1ccccc1)c1nc3c2=c2ccccc2=C3C=1. The number of nitrogens with zero attached hydrogens (tertiary/aromatic N) is 2. The van der Waals surface area contributed by atoms with E-state index in [4.69, 9.17) is 9.97 Å². The minimum absolute atomic E-state index is 0.918. The third-order valence-electron chi connectivity index (χ3n) is 9.54. The molecule has 3 aliphatic rings. The van der Waals surface area contributed by atoms with Gasteiger partial charge in [-0.25, -0.2) is 9.97 Å². The van der Waals surface area contributed by atoms with Crippen molar-refractivity contribution < 1.29 is 0 Å². The minimum atomic E-state index is 0.918. The lowest BCUT2D eigenvalue weighted by atomic mass is 10.0. The smallest absolute Gasteiger partial charge is 0.0816 e. The molecular weight excluding hydrogens is 585 g/mol. The highest BCUT2D eigenvalue weighted by molar-refractivity contribution is 5.99. The summed E-state index contributed by atoms with van der Waals surface area (Å²) in [6.45, 7) is 0. The molecule has 2 aliphatic heterocycles. The first-order valence-electron chi connectivity index (χ1n) is 16.3. The molecule has 7 aromatic rings. The van der Waals surface area contributed by atoms with Gasteiger partial charge >= 0.3 is 0 Å². The predicted octanol–water partition coefficient (Wildman–Crippen LogP) is 8.77. The Morgan fingerprint density at radius 1 is 0.396 bits per heavy atom. The maximum atomic E-state index is 5.43. The van der Waals surface area contributed by atoms with Crippen LogP contribution in [0.4, 0.5) is 0 Å². The van der Waals surface area contributed by atoms with Crippen LogP contribution < -0.4 is 10.6 Å². The first-order valence-corrected chi connectivity index (χ1v) is 16.3. The first kappa shape index (κ1) is 26.7. The predicted molar refractivity (Wildman–Crippen MR) is 197 cm³/mol. The molecule has 224 valence electrons. The van der Waals surface area contributed by atoms with Crippen LogP contribution in [0.5, 0.6) is 0 Å². The molecule has 4 nitrogen and oxygen atoms in total. The average Bonchev–Trinajstić information content (AvgIpc) is 3.98. The van der Waals surface area contributed by atoms with Gasteiger partial charge in [-0.15, -0.1) is 0 Å². The van der Waals surface area contributed by atoms with E-state index in [9.17, 15) is 0 Å². The number of hydrogen-bond donors (Lipinski definition) is 2. The molecule has 1 aliphatic carbocycles. The first-order chi connectivity index (χ1) is 23.8. The van der Waals surface area contributed by atoms with Crippen molar-refractivity contribution in [3.05, 3.63) is 178 Å². The van der Waals surface area contributed by atoms with Gasteiger partial charge in [0.15, 0.2) is 0 Å². The van der Waals surface area contributed by atoms with Gasteiger partial charge in [-0.3, -0.25) is 0 Å². The zero-order valence-corrected chi connectivity index (χ0v) is 25.9. The van der Waals surface area contributed by atoms with Crippen LogP contribution in [0, 0.1) is 10.4 Å². The number of benzene rings is 4. The molecule has 0 amide bonds.